The third-order valence-corrected chi connectivity index (χ3v) is 5.32. The van der Waals surface area contributed by atoms with Gasteiger partial charge in [0.15, 0.2) is 0 Å². The molecule has 1 amide bonds. The third kappa shape index (κ3) is 7.42. The molecular weight excluding hydrogens is 364 g/mol. The smallest absolute Gasteiger partial charge is 0.220 e. The van der Waals surface area contributed by atoms with E-state index in [0.29, 0.717) is 25.4 Å². The zero-order valence-corrected chi connectivity index (χ0v) is 17.3. The zero-order valence-electron chi connectivity index (χ0n) is 17.3. The number of carbonyl (C=O) groups excluding carboxylic acids is 1. The van der Waals surface area contributed by atoms with Crippen molar-refractivity contribution in [1.82, 2.24) is 10.2 Å². The lowest BCUT2D eigenvalue weighted by atomic mass is 9.97. The monoisotopic (exact) mass is 396 g/mol. The Morgan fingerprint density at radius 1 is 1.10 bits per heavy atom. The van der Waals surface area contributed by atoms with Gasteiger partial charge in [0.05, 0.1) is 13.7 Å². The summed E-state index contributed by atoms with van der Waals surface area (Å²) < 4.78 is 10.8. The van der Waals surface area contributed by atoms with Crippen LogP contribution in [-0.4, -0.2) is 44.2 Å². The number of piperidine rings is 1. The Kier molecular flexibility index (Phi) is 8.38. The van der Waals surface area contributed by atoms with Gasteiger partial charge in [-0.05, 0) is 61.6 Å². The maximum atomic E-state index is 12.2. The van der Waals surface area contributed by atoms with Crippen LogP contribution >= 0.6 is 0 Å². The first-order valence-corrected chi connectivity index (χ1v) is 10.5. The molecule has 1 fully saturated rings. The van der Waals surface area contributed by atoms with Crippen molar-refractivity contribution < 1.29 is 14.3 Å². The zero-order chi connectivity index (χ0) is 20.3. The number of likely N-dealkylation sites (tertiary alicyclic amines) is 1. The van der Waals surface area contributed by atoms with E-state index < -0.39 is 0 Å². The molecule has 0 radical (unpaired) electrons. The number of carbonyl (C=O) groups is 1. The van der Waals surface area contributed by atoms with Gasteiger partial charge in [0.2, 0.25) is 5.91 Å². The Balaban J connectivity index is 1.29. The molecule has 0 aromatic heterocycles. The summed E-state index contributed by atoms with van der Waals surface area (Å²) in [6.07, 6.45) is 3.59. The van der Waals surface area contributed by atoms with Gasteiger partial charge in [-0.25, -0.2) is 0 Å². The summed E-state index contributed by atoms with van der Waals surface area (Å²) in [5.74, 6) is 2.25. The summed E-state index contributed by atoms with van der Waals surface area (Å²) in [6, 6.07) is 18.1. The molecule has 1 aliphatic rings. The standard InChI is InChI=1S/C24H32N2O3/c1-28-22-11-13-23(14-12-22)29-16-6-10-24(27)25-17-21-9-5-15-26(19-21)18-20-7-3-2-4-8-20/h2-4,7-8,11-14,21H,5-6,9-10,15-19H2,1H3,(H,25,27). The lowest BCUT2D eigenvalue weighted by Crippen LogP contribution is -2.40. The topological polar surface area (TPSA) is 50.8 Å². The van der Waals surface area contributed by atoms with Crippen molar-refractivity contribution in [2.75, 3.05) is 33.4 Å². The molecular formula is C24H32N2O3. The van der Waals surface area contributed by atoms with E-state index in [1.54, 1.807) is 7.11 Å². The van der Waals surface area contributed by atoms with Crippen LogP contribution in [0.25, 0.3) is 0 Å². The molecule has 5 heteroatoms. The minimum atomic E-state index is 0.114. The number of hydrogen-bond acceptors (Lipinski definition) is 4. The van der Waals surface area contributed by atoms with Gasteiger partial charge >= 0.3 is 0 Å². The summed E-state index contributed by atoms with van der Waals surface area (Å²) in [6.45, 7) is 4.49. The molecule has 1 unspecified atom stereocenters. The van der Waals surface area contributed by atoms with Gasteiger partial charge in [0.25, 0.3) is 0 Å². The van der Waals surface area contributed by atoms with E-state index in [2.05, 4.69) is 40.5 Å². The fourth-order valence-corrected chi connectivity index (χ4v) is 3.74. The summed E-state index contributed by atoms with van der Waals surface area (Å²) in [5.41, 5.74) is 1.36. The summed E-state index contributed by atoms with van der Waals surface area (Å²) in [4.78, 5) is 14.7. The fraction of sp³-hybridized carbons (Fsp3) is 0.458. The number of rotatable bonds is 10. The maximum Gasteiger partial charge on any atom is 0.220 e. The van der Waals surface area contributed by atoms with E-state index in [1.807, 2.05) is 24.3 Å². The van der Waals surface area contributed by atoms with Gasteiger partial charge in [-0.2, -0.15) is 0 Å². The van der Waals surface area contributed by atoms with E-state index in [4.69, 9.17) is 9.47 Å². The van der Waals surface area contributed by atoms with Crippen molar-refractivity contribution in [3.05, 3.63) is 60.2 Å². The van der Waals surface area contributed by atoms with Crippen molar-refractivity contribution in [2.24, 2.45) is 5.92 Å². The number of benzene rings is 2. The molecule has 5 nitrogen and oxygen atoms in total. The first-order valence-electron chi connectivity index (χ1n) is 10.5. The third-order valence-electron chi connectivity index (χ3n) is 5.32. The van der Waals surface area contributed by atoms with Crippen LogP contribution < -0.4 is 14.8 Å². The molecule has 0 bridgehead atoms. The van der Waals surface area contributed by atoms with Gasteiger partial charge in [0.1, 0.15) is 11.5 Å². The second-order valence-electron chi connectivity index (χ2n) is 7.66. The lowest BCUT2D eigenvalue weighted by molar-refractivity contribution is -0.121. The van der Waals surface area contributed by atoms with Crippen LogP contribution in [0.4, 0.5) is 0 Å². The molecule has 1 saturated heterocycles. The molecule has 2 aromatic rings. The van der Waals surface area contributed by atoms with Gasteiger partial charge < -0.3 is 14.8 Å². The molecule has 3 rings (SSSR count). The molecule has 1 heterocycles. The Hall–Kier alpha value is -2.53. The Labute approximate surface area is 174 Å². The molecule has 0 aliphatic carbocycles. The minimum absolute atomic E-state index is 0.114. The molecule has 2 aromatic carbocycles. The number of nitrogens with one attached hydrogen (secondary N) is 1. The first-order chi connectivity index (χ1) is 14.2. The largest absolute Gasteiger partial charge is 0.497 e. The predicted molar refractivity (Wildman–Crippen MR) is 115 cm³/mol. The molecule has 1 atom stereocenters. The van der Waals surface area contributed by atoms with E-state index in [9.17, 15) is 4.79 Å². The second kappa shape index (κ2) is 11.5. The molecule has 1 N–H and O–H groups in total. The van der Waals surface area contributed by atoms with Crippen molar-refractivity contribution in [3.8, 4) is 11.5 Å². The molecule has 0 saturated carbocycles. The highest BCUT2D eigenvalue weighted by Crippen LogP contribution is 2.19. The number of ether oxygens (including phenoxy) is 2. The predicted octanol–water partition coefficient (Wildman–Crippen LogP) is 3.88. The van der Waals surface area contributed by atoms with Crippen LogP contribution in [-0.2, 0) is 11.3 Å². The SMILES string of the molecule is COc1ccc(OCCCC(=O)NCC2CCCN(Cc3ccccc3)C2)cc1. The highest BCUT2D eigenvalue weighted by atomic mass is 16.5. The Bertz CT molecular complexity index is 734. The van der Waals surface area contributed by atoms with E-state index in [0.717, 1.165) is 37.7 Å². The highest BCUT2D eigenvalue weighted by molar-refractivity contribution is 5.75. The number of hydrogen-bond donors (Lipinski definition) is 1. The normalized spacial score (nSPS) is 16.9. The van der Waals surface area contributed by atoms with Crippen LogP contribution in [0.3, 0.4) is 0 Å². The fourth-order valence-electron chi connectivity index (χ4n) is 3.74. The average molecular weight is 397 g/mol. The van der Waals surface area contributed by atoms with Crippen LogP contribution in [0.15, 0.2) is 54.6 Å². The lowest BCUT2D eigenvalue weighted by Gasteiger charge is -2.32. The number of methoxy groups -OCH3 is 1. The molecule has 156 valence electrons. The summed E-state index contributed by atoms with van der Waals surface area (Å²) >= 11 is 0. The number of nitrogens with zero attached hydrogens (tertiary/aromatic N) is 1. The van der Waals surface area contributed by atoms with Crippen molar-refractivity contribution in [2.45, 2.75) is 32.2 Å². The quantitative estimate of drug-likeness (QED) is 0.619. The second-order valence-corrected chi connectivity index (χ2v) is 7.66. The Morgan fingerprint density at radius 3 is 2.62 bits per heavy atom. The van der Waals surface area contributed by atoms with Gasteiger partial charge in [0, 0.05) is 26.1 Å². The van der Waals surface area contributed by atoms with Gasteiger partial charge in [-0.15, -0.1) is 0 Å². The molecule has 1 aliphatic heterocycles. The van der Waals surface area contributed by atoms with Crippen molar-refractivity contribution >= 4 is 5.91 Å². The maximum absolute atomic E-state index is 12.2. The highest BCUT2D eigenvalue weighted by Gasteiger charge is 2.20. The van der Waals surface area contributed by atoms with Crippen molar-refractivity contribution in [1.29, 1.82) is 0 Å². The Morgan fingerprint density at radius 2 is 1.86 bits per heavy atom. The average Bonchev–Trinajstić information content (AvgIpc) is 2.77. The van der Waals surface area contributed by atoms with Gasteiger partial charge in [-0.1, -0.05) is 30.3 Å². The summed E-state index contributed by atoms with van der Waals surface area (Å²) in [5, 5.41) is 3.11. The number of amides is 1. The molecule has 0 spiro atoms. The van der Waals surface area contributed by atoms with Crippen LogP contribution in [0.2, 0.25) is 0 Å². The van der Waals surface area contributed by atoms with E-state index in [1.165, 1.54) is 18.4 Å². The van der Waals surface area contributed by atoms with Crippen molar-refractivity contribution in [3.63, 3.8) is 0 Å². The van der Waals surface area contributed by atoms with Crippen LogP contribution in [0.5, 0.6) is 11.5 Å². The summed E-state index contributed by atoms with van der Waals surface area (Å²) in [7, 11) is 1.64. The van der Waals surface area contributed by atoms with E-state index in [-0.39, 0.29) is 5.91 Å². The molecule has 29 heavy (non-hydrogen) atoms. The van der Waals surface area contributed by atoms with E-state index >= 15 is 0 Å². The first kappa shape index (κ1) is 21.2. The van der Waals surface area contributed by atoms with Crippen LogP contribution in [0.1, 0.15) is 31.2 Å². The van der Waals surface area contributed by atoms with Gasteiger partial charge in [-0.3, -0.25) is 9.69 Å². The minimum Gasteiger partial charge on any atom is -0.497 e. The van der Waals surface area contributed by atoms with Crippen LogP contribution in [0, 0.1) is 5.92 Å².